The van der Waals surface area contributed by atoms with Crippen LogP contribution in [0.25, 0.3) is 11.2 Å². The summed E-state index contributed by atoms with van der Waals surface area (Å²) >= 11 is 0. The zero-order chi connectivity index (χ0) is 15.2. The van der Waals surface area contributed by atoms with Crippen molar-refractivity contribution >= 4 is 23.1 Å². The van der Waals surface area contributed by atoms with E-state index in [9.17, 15) is 9.59 Å². The largest absolute Gasteiger partial charge is 0.465 e. The molecule has 0 aliphatic rings. The van der Waals surface area contributed by atoms with Crippen molar-refractivity contribution in [3.05, 3.63) is 30.2 Å². The predicted molar refractivity (Wildman–Crippen MR) is 73.3 cm³/mol. The molecule has 0 atom stereocenters. The second kappa shape index (κ2) is 6.74. The van der Waals surface area contributed by atoms with Crippen LogP contribution in [-0.4, -0.2) is 40.1 Å². The average molecular weight is 289 g/mol. The zero-order valence-corrected chi connectivity index (χ0v) is 11.8. The SMILES string of the molecule is CCOC(=O)C(C(=O)OCC)c1ccc2nccnc2n1. The third-order valence-electron chi connectivity index (χ3n) is 2.69. The minimum absolute atomic E-state index is 0.169. The predicted octanol–water partition coefficient (Wildman–Crippen LogP) is 1.23. The highest BCUT2D eigenvalue weighted by Gasteiger charge is 2.33. The first-order valence-corrected chi connectivity index (χ1v) is 6.58. The Morgan fingerprint density at radius 3 is 2.29 bits per heavy atom. The first-order chi connectivity index (χ1) is 10.2. The van der Waals surface area contributed by atoms with Crippen LogP contribution in [0.5, 0.6) is 0 Å². The number of nitrogens with zero attached hydrogens (tertiary/aromatic N) is 3. The number of hydrogen-bond donors (Lipinski definition) is 0. The molecule has 0 unspecified atom stereocenters. The van der Waals surface area contributed by atoms with Crippen molar-refractivity contribution in [3.8, 4) is 0 Å². The van der Waals surface area contributed by atoms with Crippen LogP contribution in [0.1, 0.15) is 25.5 Å². The molecule has 0 bridgehead atoms. The van der Waals surface area contributed by atoms with Gasteiger partial charge in [-0.1, -0.05) is 0 Å². The van der Waals surface area contributed by atoms with Gasteiger partial charge in [-0.25, -0.2) is 9.97 Å². The lowest BCUT2D eigenvalue weighted by molar-refractivity contribution is -0.157. The fourth-order valence-corrected chi connectivity index (χ4v) is 1.82. The number of hydrogen-bond acceptors (Lipinski definition) is 7. The van der Waals surface area contributed by atoms with E-state index in [-0.39, 0.29) is 18.9 Å². The first kappa shape index (κ1) is 14.8. The smallest absolute Gasteiger partial charge is 0.326 e. The number of esters is 2. The zero-order valence-electron chi connectivity index (χ0n) is 11.8. The summed E-state index contributed by atoms with van der Waals surface area (Å²) in [5.74, 6) is -2.59. The summed E-state index contributed by atoms with van der Waals surface area (Å²) in [6.07, 6.45) is 3.03. The molecule has 0 N–H and O–H groups in total. The molecule has 0 aromatic carbocycles. The maximum Gasteiger partial charge on any atom is 0.326 e. The van der Waals surface area contributed by atoms with Gasteiger partial charge in [0.15, 0.2) is 11.6 Å². The summed E-state index contributed by atoms with van der Waals surface area (Å²) in [5.41, 5.74) is 1.17. The molecule has 0 spiro atoms. The Morgan fingerprint density at radius 2 is 1.67 bits per heavy atom. The van der Waals surface area contributed by atoms with Gasteiger partial charge in [-0.3, -0.25) is 14.6 Å². The minimum atomic E-state index is -1.21. The van der Waals surface area contributed by atoms with Crippen molar-refractivity contribution in [1.29, 1.82) is 0 Å². The highest BCUT2D eigenvalue weighted by molar-refractivity contribution is 6.00. The highest BCUT2D eigenvalue weighted by Crippen LogP contribution is 2.19. The Balaban J connectivity index is 2.41. The topological polar surface area (TPSA) is 91.3 Å². The number of fused-ring (bicyclic) bond motifs is 1. The quantitative estimate of drug-likeness (QED) is 0.604. The fourth-order valence-electron chi connectivity index (χ4n) is 1.82. The molecule has 110 valence electrons. The van der Waals surface area contributed by atoms with Crippen LogP contribution in [0.4, 0.5) is 0 Å². The van der Waals surface area contributed by atoms with Gasteiger partial charge in [0, 0.05) is 12.4 Å². The monoisotopic (exact) mass is 289 g/mol. The number of pyridine rings is 1. The van der Waals surface area contributed by atoms with Gasteiger partial charge in [-0.2, -0.15) is 0 Å². The van der Waals surface area contributed by atoms with E-state index < -0.39 is 17.9 Å². The van der Waals surface area contributed by atoms with Crippen LogP contribution >= 0.6 is 0 Å². The molecule has 0 saturated heterocycles. The minimum Gasteiger partial charge on any atom is -0.465 e. The molecule has 0 aliphatic heterocycles. The van der Waals surface area contributed by atoms with Gasteiger partial charge in [0.05, 0.1) is 18.9 Å². The molecule has 0 aliphatic carbocycles. The maximum atomic E-state index is 12.0. The highest BCUT2D eigenvalue weighted by atomic mass is 16.6. The molecule has 21 heavy (non-hydrogen) atoms. The van der Waals surface area contributed by atoms with E-state index in [0.29, 0.717) is 11.2 Å². The molecular formula is C14H15N3O4. The van der Waals surface area contributed by atoms with Crippen molar-refractivity contribution in [2.24, 2.45) is 0 Å². The summed E-state index contributed by atoms with van der Waals surface area (Å²) in [6.45, 7) is 3.67. The maximum absolute atomic E-state index is 12.0. The van der Waals surface area contributed by atoms with Gasteiger partial charge in [-0.15, -0.1) is 0 Å². The van der Waals surface area contributed by atoms with E-state index in [1.807, 2.05) is 0 Å². The number of rotatable bonds is 5. The molecular weight excluding hydrogens is 274 g/mol. The van der Waals surface area contributed by atoms with E-state index in [2.05, 4.69) is 15.0 Å². The van der Waals surface area contributed by atoms with Crippen LogP contribution in [0.15, 0.2) is 24.5 Å². The van der Waals surface area contributed by atoms with Gasteiger partial charge in [-0.05, 0) is 26.0 Å². The van der Waals surface area contributed by atoms with E-state index in [1.54, 1.807) is 26.0 Å². The van der Waals surface area contributed by atoms with Gasteiger partial charge in [0.1, 0.15) is 5.52 Å². The Bertz CT molecular complexity index is 641. The third kappa shape index (κ3) is 3.31. The molecule has 0 saturated carbocycles. The number of ether oxygens (including phenoxy) is 2. The molecule has 2 aromatic rings. The van der Waals surface area contributed by atoms with Crippen molar-refractivity contribution in [3.63, 3.8) is 0 Å². The summed E-state index contributed by atoms with van der Waals surface area (Å²) in [7, 11) is 0. The van der Waals surface area contributed by atoms with E-state index in [1.165, 1.54) is 12.4 Å². The van der Waals surface area contributed by atoms with Crippen LogP contribution < -0.4 is 0 Å². The molecule has 2 rings (SSSR count). The Hall–Kier alpha value is -2.57. The molecule has 2 aromatic heterocycles. The van der Waals surface area contributed by atoms with E-state index >= 15 is 0 Å². The van der Waals surface area contributed by atoms with Crippen molar-refractivity contribution < 1.29 is 19.1 Å². The number of carbonyl (C=O) groups is 2. The lowest BCUT2D eigenvalue weighted by Gasteiger charge is -2.14. The standard InChI is InChI=1S/C14H15N3O4/c1-3-20-13(18)11(14(19)21-4-2)9-5-6-10-12(17-9)16-8-7-15-10/h5-8,11H,3-4H2,1-2H3. The third-order valence-corrected chi connectivity index (χ3v) is 2.69. The molecule has 2 heterocycles. The second-order valence-corrected chi connectivity index (χ2v) is 4.07. The number of aromatic nitrogens is 3. The second-order valence-electron chi connectivity index (χ2n) is 4.07. The van der Waals surface area contributed by atoms with Crippen molar-refractivity contribution in [2.45, 2.75) is 19.8 Å². The fraction of sp³-hybridized carbons (Fsp3) is 0.357. The van der Waals surface area contributed by atoms with E-state index in [4.69, 9.17) is 9.47 Å². The molecule has 0 fully saturated rings. The van der Waals surface area contributed by atoms with Crippen LogP contribution in [0, 0.1) is 0 Å². The van der Waals surface area contributed by atoms with Crippen molar-refractivity contribution in [1.82, 2.24) is 15.0 Å². The lowest BCUT2D eigenvalue weighted by atomic mass is 10.1. The van der Waals surface area contributed by atoms with Gasteiger partial charge in [0.25, 0.3) is 0 Å². The summed E-state index contributed by atoms with van der Waals surface area (Å²) < 4.78 is 9.84. The summed E-state index contributed by atoms with van der Waals surface area (Å²) in [6, 6.07) is 3.20. The van der Waals surface area contributed by atoms with Crippen LogP contribution in [0.2, 0.25) is 0 Å². The first-order valence-electron chi connectivity index (χ1n) is 6.58. The molecule has 7 heteroatoms. The summed E-state index contributed by atoms with van der Waals surface area (Å²) in [4.78, 5) is 36.3. The normalized spacial score (nSPS) is 10.6. The average Bonchev–Trinajstić information content (AvgIpc) is 2.48. The summed E-state index contributed by atoms with van der Waals surface area (Å²) in [5, 5.41) is 0. The molecule has 0 radical (unpaired) electrons. The Kier molecular flexibility index (Phi) is 4.76. The Labute approximate surface area is 121 Å². The van der Waals surface area contributed by atoms with Gasteiger partial charge in [0.2, 0.25) is 0 Å². The van der Waals surface area contributed by atoms with Gasteiger partial charge >= 0.3 is 11.9 Å². The lowest BCUT2D eigenvalue weighted by Crippen LogP contribution is -2.27. The van der Waals surface area contributed by atoms with Crippen LogP contribution in [-0.2, 0) is 19.1 Å². The molecule has 0 amide bonds. The van der Waals surface area contributed by atoms with Gasteiger partial charge < -0.3 is 9.47 Å². The van der Waals surface area contributed by atoms with E-state index in [0.717, 1.165) is 0 Å². The number of carbonyl (C=O) groups excluding carboxylic acids is 2. The van der Waals surface area contributed by atoms with Crippen LogP contribution in [0.3, 0.4) is 0 Å². The Morgan fingerprint density at radius 1 is 1.05 bits per heavy atom. The van der Waals surface area contributed by atoms with Crippen molar-refractivity contribution in [2.75, 3.05) is 13.2 Å². The molecule has 7 nitrogen and oxygen atoms in total.